The highest BCUT2D eigenvalue weighted by molar-refractivity contribution is 7.89. The van der Waals surface area contributed by atoms with E-state index in [0.29, 0.717) is 13.2 Å². The van der Waals surface area contributed by atoms with Crippen molar-refractivity contribution in [2.24, 2.45) is 0 Å². The van der Waals surface area contributed by atoms with Crippen molar-refractivity contribution >= 4 is 10.0 Å². The maximum Gasteiger partial charge on any atom is 0.242 e. The number of nitrogens with one attached hydrogen (secondary N) is 1. The van der Waals surface area contributed by atoms with E-state index in [2.05, 4.69) is 4.72 Å². The van der Waals surface area contributed by atoms with Gasteiger partial charge in [0.1, 0.15) is 24.4 Å². The predicted octanol–water partition coefficient (Wildman–Crippen LogP) is 1.59. The van der Waals surface area contributed by atoms with E-state index in [1.807, 2.05) is 36.4 Å². The lowest BCUT2D eigenvalue weighted by Crippen LogP contribution is -2.44. The summed E-state index contributed by atoms with van der Waals surface area (Å²) in [5.74, 6) is 0. The van der Waals surface area contributed by atoms with Crippen molar-refractivity contribution in [1.82, 2.24) is 4.72 Å². The number of nitrogens with zero attached hydrogens (tertiary/aromatic N) is 1. The lowest BCUT2D eigenvalue weighted by atomic mass is 10.1. The standard InChI is InChI=1S/C20H20N2O5S/c21-10-15-8-4-5-9-18(15)28(23,24)22-16-12-26-20-17(13-27-19(16)20)25-11-14-6-2-1-3-7-14/h1-9,16-17,19-20,22H,11-13H2/t16-,17-,19-,20+/m0/s1. The van der Waals surface area contributed by atoms with Crippen molar-refractivity contribution in [3.8, 4) is 6.07 Å². The van der Waals surface area contributed by atoms with Gasteiger partial charge in [-0.05, 0) is 17.7 Å². The first-order valence-electron chi connectivity index (χ1n) is 8.99. The van der Waals surface area contributed by atoms with Crippen LogP contribution in [0.4, 0.5) is 0 Å². The maximum absolute atomic E-state index is 12.7. The normalized spacial score (nSPS) is 26.7. The lowest BCUT2D eigenvalue weighted by molar-refractivity contribution is -0.0391. The number of nitriles is 1. The maximum atomic E-state index is 12.7. The molecule has 2 aliphatic heterocycles. The summed E-state index contributed by atoms with van der Waals surface area (Å²) in [6.45, 7) is 0.969. The molecule has 4 rings (SSSR count). The Hall–Kier alpha value is -2.28. The second-order valence-corrected chi connectivity index (χ2v) is 8.45. The van der Waals surface area contributed by atoms with Gasteiger partial charge in [-0.2, -0.15) is 5.26 Å². The molecule has 2 aromatic carbocycles. The molecule has 0 aromatic heterocycles. The van der Waals surface area contributed by atoms with E-state index in [1.54, 1.807) is 12.1 Å². The first-order chi connectivity index (χ1) is 13.6. The Labute approximate surface area is 163 Å². The van der Waals surface area contributed by atoms with Gasteiger partial charge >= 0.3 is 0 Å². The Kier molecular flexibility index (Phi) is 5.44. The van der Waals surface area contributed by atoms with Crippen LogP contribution >= 0.6 is 0 Å². The molecule has 0 bridgehead atoms. The fraction of sp³-hybridized carbons (Fsp3) is 0.350. The highest BCUT2D eigenvalue weighted by atomic mass is 32.2. The molecule has 28 heavy (non-hydrogen) atoms. The van der Waals surface area contributed by atoms with E-state index < -0.39 is 22.2 Å². The number of ether oxygens (including phenoxy) is 3. The molecule has 0 radical (unpaired) electrons. The molecule has 2 saturated heterocycles. The third-order valence-corrected chi connectivity index (χ3v) is 6.47. The summed E-state index contributed by atoms with van der Waals surface area (Å²) >= 11 is 0. The van der Waals surface area contributed by atoms with E-state index >= 15 is 0 Å². The van der Waals surface area contributed by atoms with E-state index in [-0.39, 0.29) is 29.3 Å². The molecule has 7 nitrogen and oxygen atoms in total. The fourth-order valence-electron chi connectivity index (χ4n) is 3.54. The average Bonchev–Trinajstić information content (AvgIpc) is 3.30. The highest BCUT2D eigenvalue weighted by Crippen LogP contribution is 2.30. The quantitative estimate of drug-likeness (QED) is 0.791. The number of rotatable bonds is 6. The molecule has 2 aromatic rings. The lowest BCUT2D eigenvalue weighted by Gasteiger charge is -2.18. The third-order valence-electron chi connectivity index (χ3n) is 4.92. The zero-order valence-electron chi connectivity index (χ0n) is 15.0. The van der Waals surface area contributed by atoms with Crippen LogP contribution in [0.15, 0.2) is 59.5 Å². The molecule has 146 valence electrons. The van der Waals surface area contributed by atoms with E-state index in [9.17, 15) is 13.7 Å². The van der Waals surface area contributed by atoms with Gasteiger partial charge in [0.25, 0.3) is 0 Å². The second kappa shape index (κ2) is 7.99. The summed E-state index contributed by atoms with van der Waals surface area (Å²) in [4.78, 5) is -0.0455. The molecule has 0 amide bonds. The van der Waals surface area contributed by atoms with Crippen molar-refractivity contribution in [2.75, 3.05) is 13.2 Å². The van der Waals surface area contributed by atoms with Gasteiger partial charge in [-0.3, -0.25) is 0 Å². The minimum absolute atomic E-state index is 0.0455. The highest BCUT2D eigenvalue weighted by Gasteiger charge is 2.49. The van der Waals surface area contributed by atoms with Gasteiger partial charge in [-0.15, -0.1) is 0 Å². The summed E-state index contributed by atoms with van der Waals surface area (Å²) < 4.78 is 45.6. The molecule has 2 fully saturated rings. The van der Waals surface area contributed by atoms with Crippen LogP contribution in [0.1, 0.15) is 11.1 Å². The number of benzene rings is 2. The number of hydrogen-bond acceptors (Lipinski definition) is 6. The minimum atomic E-state index is -3.87. The summed E-state index contributed by atoms with van der Waals surface area (Å²) in [5.41, 5.74) is 1.15. The zero-order valence-corrected chi connectivity index (χ0v) is 15.8. The molecule has 0 saturated carbocycles. The van der Waals surface area contributed by atoms with Gasteiger partial charge in [-0.25, -0.2) is 13.1 Å². The van der Waals surface area contributed by atoms with Gasteiger partial charge in [-0.1, -0.05) is 42.5 Å². The van der Waals surface area contributed by atoms with Crippen molar-refractivity contribution in [1.29, 1.82) is 5.26 Å². The van der Waals surface area contributed by atoms with Crippen LogP contribution in [0.2, 0.25) is 0 Å². The molecule has 2 heterocycles. The Bertz CT molecular complexity index is 974. The number of hydrogen-bond donors (Lipinski definition) is 1. The molecule has 4 atom stereocenters. The summed E-state index contributed by atoms with van der Waals surface area (Å²) in [7, 11) is -3.87. The second-order valence-electron chi connectivity index (χ2n) is 6.77. The number of sulfonamides is 1. The molecule has 0 aliphatic carbocycles. The zero-order chi connectivity index (χ0) is 19.6. The Morgan fingerprint density at radius 1 is 1.04 bits per heavy atom. The monoisotopic (exact) mass is 400 g/mol. The molecular weight excluding hydrogens is 380 g/mol. The van der Waals surface area contributed by atoms with Crippen molar-refractivity contribution in [2.45, 2.75) is 35.9 Å². The van der Waals surface area contributed by atoms with Gasteiger partial charge in [0.2, 0.25) is 10.0 Å². The predicted molar refractivity (Wildman–Crippen MR) is 99.8 cm³/mol. The van der Waals surface area contributed by atoms with Crippen molar-refractivity contribution in [3.05, 3.63) is 65.7 Å². The SMILES string of the molecule is N#Cc1ccccc1S(=O)(=O)N[C@H]1CO[C@H]2[C@H]1OC[C@@H]2OCc1ccccc1. The topological polar surface area (TPSA) is 97.7 Å². The molecule has 1 N–H and O–H groups in total. The van der Waals surface area contributed by atoms with Crippen LogP contribution in [0.5, 0.6) is 0 Å². The van der Waals surface area contributed by atoms with Gasteiger partial charge in [0.05, 0.1) is 36.3 Å². The Balaban J connectivity index is 1.41. The van der Waals surface area contributed by atoms with Crippen molar-refractivity contribution < 1.29 is 22.6 Å². The van der Waals surface area contributed by atoms with E-state index in [0.717, 1.165) is 5.56 Å². The number of fused-ring (bicyclic) bond motifs is 1. The van der Waals surface area contributed by atoms with Crippen LogP contribution < -0.4 is 4.72 Å². The molecule has 2 aliphatic rings. The first-order valence-corrected chi connectivity index (χ1v) is 10.5. The van der Waals surface area contributed by atoms with Crippen LogP contribution in [0.3, 0.4) is 0 Å². The van der Waals surface area contributed by atoms with Gasteiger partial charge in [0, 0.05) is 0 Å². The van der Waals surface area contributed by atoms with Gasteiger partial charge < -0.3 is 14.2 Å². The summed E-state index contributed by atoms with van der Waals surface area (Å²) in [6.07, 6.45) is -1.02. The van der Waals surface area contributed by atoms with Crippen LogP contribution in [0, 0.1) is 11.3 Å². The molecule has 0 unspecified atom stereocenters. The summed E-state index contributed by atoms with van der Waals surface area (Å²) in [5, 5.41) is 9.17. The van der Waals surface area contributed by atoms with Crippen LogP contribution in [0.25, 0.3) is 0 Å². The third kappa shape index (κ3) is 3.81. The van der Waals surface area contributed by atoms with E-state index in [1.165, 1.54) is 12.1 Å². The minimum Gasteiger partial charge on any atom is -0.371 e. The Morgan fingerprint density at radius 2 is 1.75 bits per heavy atom. The van der Waals surface area contributed by atoms with E-state index in [4.69, 9.17) is 14.2 Å². The Morgan fingerprint density at radius 3 is 2.54 bits per heavy atom. The molecule has 8 heteroatoms. The van der Waals surface area contributed by atoms with Gasteiger partial charge in [0.15, 0.2) is 0 Å². The molecular formula is C20H20N2O5S. The van der Waals surface area contributed by atoms with Crippen LogP contribution in [-0.4, -0.2) is 46.0 Å². The van der Waals surface area contributed by atoms with Crippen molar-refractivity contribution in [3.63, 3.8) is 0 Å². The molecule has 0 spiro atoms. The first kappa shape index (κ1) is 19.1. The average molecular weight is 400 g/mol. The smallest absolute Gasteiger partial charge is 0.242 e. The summed E-state index contributed by atoms with van der Waals surface area (Å²) in [6, 6.07) is 17.3. The largest absolute Gasteiger partial charge is 0.371 e. The van der Waals surface area contributed by atoms with Crippen LogP contribution in [-0.2, 0) is 30.8 Å². The fourth-order valence-corrected chi connectivity index (χ4v) is 4.93.